The summed E-state index contributed by atoms with van der Waals surface area (Å²) in [5.41, 5.74) is 5.42. The van der Waals surface area contributed by atoms with Crippen molar-refractivity contribution in [2.24, 2.45) is 5.73 Å². The van der Waals surface area contributed by atoms with Crippen molar-refractivity contribution in [2.75, 3.05) is 20.6 Å². The van der Waals surface area contributed by atoms with Crippen LogP contribution in [-0.4, -0.2) is 20.6 Å². The summed E-state index contributed by atoms with van der Waals surface area (Å²) in [6, 6.07) is 0. The van der Waals surface area contributed by atoms with Gasteiger partial charge in [0, 0.05) is 0 Å². The third kappa shape index (κ3) is 31.4. The summed E-state index contributed by atoms with van der Waals surface area (Å²) in [7, 11) is 3.75. The highest BCUT2D eigenvalue weighted by Crippen LogP contribution is 2.09. The third-order valence-electron chi connectivity index (χ3n) is 2.56. The number of rotatable bonds is 10. The van der Waals surface area contributed by atoms with Gasteiger partial charge in [-0.05, 0) is 27.1 Å². The minimum absolute atomic E-state index is 0. The molecule has 0 aliphatic carbocycles. The second-order valence-electron chi connectivity index (χ2n) is 4.47. The highest BCUT2D eigenvalue weighted by molar-refractivity contribution is 5.85. The molecule has 0 aromatic rings. The Labute approximate surface area is 116 Å². The van der Waals surface area contributed by atoms with Gasteiger partial charge in [0.1, 0.15) is 0 Å². The second-order valence-corrected chi connectivity index (χ2v) is 4.47. The molecule has 17 heavy (non-hydrogen) atoms. The lowest BCUT2D eigenvalue weighted by Crippen LogP contribution is -1.97. The van der Waals surface area contributed by atoms with Crippen LogP contribution in [0.25, 0.3) is 0 Å². The Hall–Kier alpha value is 0.210. The highest BCUT2D eigenvalue weighted by Gasteiger charge is 1.91. The van der Waals surface area contributed by atoms with Crippen molar-refractivity contribution in [1.82, 2.24) is 5.32 Å². The van der Waals surface area contributed by atoms with Gasteiger partial charge in [0.15, 0.2) is 0 Å². The maximum atomic E-state index is 5.42. The van der Waals surface area contributed by atoms with Gasteiger partial charge in [-0.25, -0.2) is 0 Å². The zero-order chi connectivity index (χ0) is 12.5. The van der Waals surface area contributed by atoms with Gasteiger partial charge in [0.25, 0.3) is 0 Å². The molecule has 0 amide bonds. The van der Waals surface area contributed by atoms with Crippen molar-refractivity contribution in [3.05, 3.63) is 0 Å². The first-order chi connectivity index (χ1) is 7.83. The van der Waals surface area contributed by atoms with E-state index >= 15 is 0 Å². The lowest BCUT2D eigenvalue weighted by Gasteiger charge is -2.00. The Balaban J connectivity index is -0.000000440. The molecule has 0 radical (unpaired) electrons. The molecule has 0 heterocycles. The number of unbranched alkanes of at least 4 members (excludes halogenated alkanes) is 9. The molecule has 108 valence electrons. The standard InChI is InChI=1S/C12H27N.C2H7N.ClH/c1-2-3-4-5-6-7-8-9-10-11-12-13;1-3-2;/h2-13H2,1H3;3H,1-2H3;1H. The number of nitrogens with one attached hydrogen (secondary N) is 1. The zero-order valence-electron chi connectivity index (χ0n) is 12.3. The van der Waals surface area contributed by atoms with Crippen LogP contribution in [0.15, 0.2) is 0 Å². The molecule has 0 saturated heterocycles. The fraction of sp³-hybridized carbons (Fsp3) is 1.00. The Morgan fingerprint density at radius 1 is 0.706 bits per heavy atom. The largest absolute Gasteiger partial charge is 0.330 e. The Kier molecular flexibility index (Phi) is 33.1. The second kappa shape index (κ2) is 25.2. The van der Waals surface area contributed by atoms with E-state index < -0.39 is 0 Å². The van der Waals surface area contributed by atoms with E-state index in [2.05, 4.69) is 12.2 Å². The molecule has 0 unspecified atom stereocenters. The zero-order valence-corrected chi connectivity index (χ0v) is 13.1. The summed E-state index contributed by atoms with van der Waals surface area (Å²) in [5, 5.41) is 2.75. The van der Waals surface area contributed by atoms with Crippen LogP contribution in [-0.2, 0) is 0 Å². The first-order valence-corrected chi connectivity index (χ1v) is 7.12. The number of nitrogens with two attached hydrogens (primary N) is 1. The van der Waals surface area contributed by atoms with Crippen molar-refractivity contribution in [1.29, 1.82) is 0 Å². The van der Waals surface area contributed by atoms with Crippen LogP contribution in [0.3, 0.4) is 0 Å². The van der Waals surface area contributed by atoms with Gasteiger partial charge in [0.2, 0.25) is 0 Å². The average Bonchev–Trinajstić information content (AvgIpc) is 2.28. The maximum Gasteiger partial charge on any atom is -0.00773 e. The van der Waals surface area contributed by atoms with E-state index in [1.165, 1.54) is 64.2 Å². The summed E-state index contributed by atoms with van der Waals surface area (Å²) < 4.78 is 0. The Morgan fingerprint density at radius 2 is 1.00 bits per heavy atom. The van der Waals surface area contributed by atoms with E-state index in [0.29, 0.717) is 0 Å². The van der Waals surface area contributed by atoms with Gasteiger partial charge in [0.05, 0.1) is 0 Å². The number of hydrogen-bond acceptors (Lipinski definition) is 2. The molecule has 0 rings (SSSR count). The van der Waals surface area contributed by atoms with Crippen LogP contribution in [0.5, 0.6) is 0 Å². The smallest absolute Gasteiger partial charge is 0.00773 e. The van der Waals surface area contributed by atoms with Gasteiger partial charge in [-0.2, -0.15) is 0 Å². The summed E-state index contributed by atoms with van der Waals surface area (Å²) in [4.78, 5) is 0. The van der Waals surface area contributed by atoms with Crippen molar-refractivity contribution < 1.29 is 0 Å². The SMILES string of the molecule is CCCCCCCCCCCCN.CNC.Cl. The van der Waals surface area contributed by atoms with Gasteiger partial charge in [-0.3, -0.25) is 0 Å². The molecule has 0 spiro atoms. The lowest BCUT2D eigenvalue weighted by molar-refractivity contribution is 0.558. The normalized spacial score (nSPS) is 9.18. The number of hydrogen-bond donors (Lipinski definition) is 2. The first kappa shape index (κ1) is 22.4. The average molecular weight is 267 g/mol. The molecule has 0 aromatic carbocycles. The van der Waals surface area contributed by atoms with E-state index in [1.54, 1.807) is 0 Å². The maximum absolute atomic E-state index is 5.42. The summed E-state index contributed by atoms with van der Waals surface area (Å²) in [6.45, 7) is 3.14. The molecule has 0 atom stereocenters. The highest BCUT2D eigenvalue weighted by atomic mass is 35.5. The lowest BCUT2D eigenvalue weighted by atomic mass is 10.1. The molecule has 2 nitrogen and oxygen atoms in total. The van der Waals surface area contributed by atoms with E-state index in [-0.39, 0.29) is 12.4 Å². The van der Waals surface area contributed by atoms with E-state index in [4.69, 9.17) is 5.73 Å². The van der Waals surface area contributed by atoms with Crippen molar-refractivity contribution >= 4 is 12.4 Å². The summed E-state index contributed by atoms with van der Waals surface area (Å²) >= 11 is 0. The quantitative estimate of drug-likeness (QED) is 0.584. The first-order valence-electron chi connectivity index (χ1n) is 7.12. The molecule has 3 N–H and O–H groups in total. The summed E-state index contributed by atoms with van der Waals surface area (Å²) in [5.74, 6) is 0. The van der Waals surface area contributed by atoms with Crippen LogP contribution < -0.4 is 11.1 Å². The fourth-order valence-electron chi connectivity index (χ4n) is 1.63. The van der Waals surface area contributed by atoms with Crippen molar-refractivity contribution in [3.8, 4) is 0 Å². The van der Waals surface area contributed by atoms with Gasteiger partial charge >= 0.3 is 0 Å². The van der Waals surface area contributed by atoms with Crippen molar-refractivity contribution in [2.45, 2.75) is 71.1 Å². The van der Waals surface area contributed by atoms with Crippen LogP contribution in [0, 0.1) is 0 Å². The fourth-order valence-corrected chi connectivity index (χ4v) is 1.63. The van der Waals surface area contributed by atoms with Crippen LogP contribution in [0.4, 0.5) is 0 Å². The molecule has 0 aliphatic rings. The third-order valence-corrected chi connectivity index (χ3v) is 2.56. The molecule has 0 saturated carbocycles. The predicted molar refractivity (Wildman–Crippen MR) is 83.1 cm³/mol. The Bertz CT molecular complexity index is 90.2. The van der Waals surface area contributed by atoms with Crippen LogP contribution in [0.1, 0.15) is 71.1 Å². The molecule has 0 aliphatic heterocycles. The van der Waals surface area contributed by atoms with Crippen LogP contribution >= 0.6 is 12.4 Å². The van der Waals surface area contributed by atoms with E-state index in [1.807, 2.05) is 14.1 Å². The van der Waals surface area contributed by atoms with Crippen molar-refractivity contribution in [3.63, 3.8) is 0 Å². The molecule has 0 bridgehead atoms. The monoisotopic (exact) mass is 266 g/mol. The summed E-state index contributed by atoms with van der Waals surface area (Å²) in [6.07, 6.45) is 13.9. The minimum atomic E-state index is 0. The van der Waals surface area contributed by atoms with Gasteiger partial charge in [-0.1, -0.05) is 64.7 Å². The van der Waals surface area contributed by atoms with E-state index in [0.717, 1.165) is 6.54 Å². The molecule has 3 heteroatoms. The van der Waals surface area contributed by atoms with Crippen LogP contribution in [0.2, 0.25) is 0 Å². The molecule has 0 fully saturated rings. The topological polar surface area (TPSA) is 38.0 Å². The molecular formula is C14H35ClN2. The van der Waals surface area contributed by atoms with Gasteiger partial charge in [-0.15, -0.1) is 12.4 Å². The predicted octanol–water partition coefficient (Wildman–Crippen LogP) is 4.12. The Morgan fingerprint density at radius 3 is 1.29 bits per heavy atom. The number of halogens is 1. The minimum Gasteiger partial charge on any atom is -0.330 e. The molecule has 0 aromatic heterocycles. The van der Waals surface area contributed by atoms with Gasteiger partial charge < -0.3 is 11.1 Å². The molecular weight excluding hydrogens is 232 g/mol. The van der Waals surface area contributed by atoms with E-state index in [9.17, 15) is 0 Å².